The minimum absolute atomic E-state index is 0.513. The van der Waals surface area contributed by atoms with Gasteiger partial charge in [-0.15, -0.1) is 0 Å². The van der Waals surface area contributed by atoms with E-state index in [-0.39, 0.29) is 0 Å². The summed E-state index contributed by atoms with van der Waals surface area (Å²) < 4.78 is 14.8. The average Bonchev–Trinajstić information content (AvgIpc) is 2.95. The van der Waals surface area contributed by atoms with Gasteiger partial charge in [-0.3, -0.25) is 19.2 Å². The highest BCUT2D eigenvalue weighted by molar-refractivity contribution is 6.00. The number of carbonyl (C=O) groups excluding carboxylic acids is 4. The minimum Gasteiger partial charge on any atom is -0.469 e. The third-order valence-corrected chi connectivity index (χ3v) is 6.37. The lowest BCUT2D eigenvalue weighted by atomic mass is 9.47. The second kappa shape index (κ2) is 5.68. The number of ether oxygens (including phenoxy) is 3. The molecule has 0 aromatic heterocycles. The zero-order valence-corrected chi connectivity index (χ0v) is 14.2. The van der Waals surface area contributed by atoms with Gasteiger partial charge in [-0.2, -0.15) is 0 Å². The van der Waals surface area contributed by atoms with Gasteiger partial charge in [-0.05, 0) is 25.7 Å². The molecule has 7 heteroatoms. The summed E-state index contributed by atoms with van der Waals surface area (Å²) in [5.74, 6) is -6.27. The molecule has 1 saturated heterocycles. The summed E-state index contributed by atoms with van der Waals surface area (Å²) >= 11 is 0. The number of fused-ring (bicyclic) bond motifs is 1. The summed E-state index contributed by atoms with van der Waals surface area (Å²) in [5, 5.41) is 0. The van der Waals surface area contributed by atoms with Crippen molar-refractivity contribution in [3.8, 4) is 0 Å². The van der Waals surface area contributed by atoms with Crippen molar-refractivity contribution in [1.82, 2.24) is 0 Å². The fourth-order valence-electron chi connectivity index (χ4n) is 5.60. The summed E-state index contributed by atoms with van der Waals surface area (Å²) in [4.78, 5) is 49.8. The molecule has 0 aromatic rings. The van der Waals surface area contributed by atoms with Gasteiger partial charge in [0.15, 0.2) is 0 Å². The summed E-state index contributed by atoms with van der Waals surface area (Å²) in [6, 6.07) is 0. The van der Waals surface area contributed by atoms with Crippen LogP contribution in [0.4, 0.5) is 0 Å². The normalized spacial score (nSPS) is 38.8. The van der Waals surface area contributed by atoms with Gasteiger partial charge in [0.2, 0.25) is 0 Å². The van der Waals surface area contributed by atoms with E-state index in [1.54, 1.807) is 0 Å². The molecule has 0 N–H and O–H groups in total. The zero-order valence-electron chi connectivity index (χ0n) is 14.2. The van der Waals surface area contributed by atoms with Crippen LogP contribution in [0.5, 0.6) is 0 Å². The van der Waals surface area contributed by atoms with Crippen LogP contribution < -0.4 is 0 Å². The topological polar surface area (TPSA) is 96.0 Å². The number of hydrogen-bond donors (Lipinski definition) is 0. The first-order chi connectivity index (χ1) is 12.0. The Hall–Kier alpha value is -2.18. The Morgan fingerprint density at radius 2 is 1.20 bits per heavy atom. The van der Waals surface area contributed by atoms with Crippen molar-refractivity contribution in [3.05, 3.63) is 11.1 Å². The van der Waals surface area contributed by atoms with Crippen LogP contribution in [-0.2, 0) is 33.4 Å². The van der Waals surface area contributed by atoms with Gasteiger partial charge in [0.05, 0.1) is 37.9 Å². The van der Waals surface area contributed by atoms with E-state index < -0.39 is 59.4 Å². The van der Waals surface area contributed by atoms with E-state index in [2.05, 4.69) is 0 Å². The van der Waals surface area contributed by atoms with Gasteiger partial charge >= 0.3 is 23.9 Å². The highest BCUT2D eigenvalue weighted by atomic mass is 16.6. The number of hydrogen-bond acceptors (Lipinski definition) is 7. The van der Waals surface area contributed by atoms with Crippen molar-refractivity contribution < 1.29 is 33.4 Å². The van der Waals surface area contributed by atoms with Gasteiger partial charge in [-0.1, -0.05) is 11.1 Å². The first kappa shape index (κ1) is 16.3. The summed E-state index contributed by atoms with van der Waals surface area (Å²) in [6.45, 7) is 0. The first-order valence-corrected chi connectivity index (χ1v) is 8.64. The van der Waals surface area contributed by atoms with E-state index in [1.807, 2.05) is 0 Å². The second-order valence-electron chi connectivity index (χ2n) is 7.20. The van der Waals surface area contributed by atoms with Crippen LogP contribution in [0.2, 0.25) is 0 Å². The molecule has 25 heavy (non-hydrogen) atoms. The van der Waals surface area contributed by atoms with Crippen molar-refractivity contribution in [2.75, 3.05) is 14.2 Å². The van der Waals surface area contributed by atoms with Crippen LogP contribution in [0.1, 0.15) is 25.7 Å². The van der Waals surface area contributed by atoms with Crippen LogP contribution in [0.25, 0.3) is 0 Å². The van der Waals surface area contributed by atoms with E-state index in [1.165, 1.54) is 14.2 Å². The first-order valence-electron chi connectivity index (χ1n) is 8.64. The molecule has 1 saturated carbocycles. The molecule has 6 atom stereocenters. The van der Waals surface area contributed by atoms with Crippen LogP contribution in [0.15, 0.2) is 11.1 Å². The minimum atomic E-state index is -0.806. The lowest BCUT2D eigenvalue weighted by Crippen LogP contribution is -2.58. The van der Waals surface area contributed by atoms with Crippen molar-refractivity contribution in [3.63, 3.8) is 0 Å². The molecular formula is C18H20O7. The van der Waals surface area contributed by atoms with Crippen molar-refractivity contribution in [1.29, 1.82) is 0 Å². The van der Waals surface area contributed by atoms with Gasteiger partial charge in [0.25, 0.3) is 0 Å². The molecule has 0 aromatic carbocycles. The molecule has 0 radical (unpaired) electrons. The molecule has 2 bridgehead atoms. The third kappa shape index (κ3) is 2.04. The summed E-state index contributed by atoms with van der Waals surface area (Å²) in [7, 11) is 2.54. The Kier molecular flexibility index (Phi) is 3.70. The number of cyclic esters (lactones) is 2. The number of methoxy groups -OCH3 is 2. The van der Waals surface area contributed by atoms with Gasteiger partial charge < -0.3 is 14.2 Å². The smallest absolute Gasteiger partial charge is 0.318 e. The lowest BCUT2D eigenvalue weighted by molar-refractivity contribution is -0.171. The number of allylic oxidation sites excluding steroid dienone is 2. The quantitative estimate of drug-likeness (QED) is 0.318. The van der Waals surface area contributed by atoms with Gasteiger partial charge in [0, 0.05) is 11.8 Å². The zero-order chi connectivity index (χ0) is 17.9. The number of carbonyl (C=O) groups is 4. The van der Waals surface area contributed by atoms with E-state index in [0.717, 1.165) is 36.8 Å². The second-order valence-corrected chi connectivity index (χ2v) is 7.20. The maximum absolute atomic E-state index is 12.5. The predicted molar refractivity (Wildman–Crippen MR) is 81.6 cm³/mol. The molecule has 5 aliphatic rings. The number of rotatable bonds is 2. The monoisotopic (exact) mass is 348 g/mol. The summed E-state index contributed by atoms with van der Waals surface area (Å²) in [5.41, 5.74) is 2.11. The Labute approximate surface area is 144 Å². The van der Waals surface area contributed by atoms with Gasteiger partial charge in [0.1, 0.15) is 0 Å². The fourth-order valence-corrected chi connectivity index (χ4v) is 5.60. The van der Waals surface area contributed by atoms with Gasteiger partial charge in [-0.25, -0.2) is 0 Å². The molecule has 7 nitrogen and oxygen atoms in total. The van der Waals surface area contributed by atoms with Crippen LogP contribution in [-0.4, -0.2) is 38.1 Å². The largest absolute Gasteiger partial charge is 0.469 e. The van der Waals surface area contributed by atoms with Crippen LogP contribution in [0.3, 0.4) is 0 Å². The standard InChI is InChI=1S/C18H20O7/c1-23-15(19)11-9-7-5-3-4-6-8(7)10(12(11)16(20)24-2)14-13(9)17(21)25-18(14)22/h9-14H,3-6H2,1-2H3/t9-,10+,11+,12-,13-,14+. The molecule has 0 unspecified atom stereocenters. The Bertz CT molecular complexity index is 648. The Morgan fingerprint density at radius 1 is 0.800 bits per heavy atom. The average molecular weight is 348 g/mol. The Balaban J connectivity index is 1.92. The van der Waals surface area contributed by atoms with E-state index >= 15 is 0 Å². The SMILES string of the molecule is COC(=O)[C@@H]1[C@H](C(=O)OC)[C@@H]2C3=C(CCCC3)[C@H]1[C@H]1C(=O)OC(=O)[C@H]12. The van der Waals surface area contributed by atoms with Crippen LogP contribution >= 0.6 is 0 Å². The molecule has 0 spiro atoms. The van der Waals surface area contributed by atoms with E-state index in [4.69, 9.17) is 14.2 Å². The molecule has 2 fully saturated rings. The molecule has 1 aliphatic heterocycles. The highest BCUT2D eigenvalue weighted by Gasteiger charge is 2.68. The lowest BCUT2D eigenvalue weighted by Gasteiger charge is -2.53. The van der Waals surface area contributed by atoms with Crippen LogP contribution in [0, 0.1) is 35.5 Å². The molecular weight excluding hydrogens is 328 g/mol. The Morgan fingerprint density at radius 3 is 1.56 bits per heavy atom. The predicted octanol–water partition coefficient (Wildman–Crippen LogP) is 1.01. The molecule has 134 valence electrons. The highest BCUT2D eigenvalue weighted by Crippen LogP contribution is 2.62. The van der Waals surface area contributed by atoms with E-state index in [9.17, 15) is 19.2 Å². The van der Waals surface area contributed by atoms with E-state index in [0.29, 0.717) is 0 Å². The van der Waals surface area contributed by atoms with Crippen molar-refractivity contribution >= 4 is 23.9 Å². The van der Waals surface area contributed by atoms with Crippen molar-refractivity contribution in [2.45, 2.75) is 25.7 Å². The van der Waals surface area contributed by atoms with Crippen molar-refractivity contribution in [2.24, 2.45) is 35.5 Å². The maximum Gasteiger partial charge on any atom is 0.318 e. The molecule has 4 aliphatic carbocycles. The number of esters is 4. The maximum atomic E-state index is 12.5. The molecule has 5 rings (SSSR count). The molecule has 1 heterocycles. The molecule has 0 amide bonds. The summed E-state index contributed by atoms with van der Waals surface area (Å²) in [6.07, 6.45) is 3.50. The fraction of sp³-hybridized carbons (Fsp3) is 0.667. The third-order valence-electron chi connectivity index (χ3n) is 6.37.